The minimum Gasteiger partial charge on any atom is -0.487 e. The maximum absolute atomic E-state index is 13.7. The lowest BCUT2D eigenvalue weighted by Gasteiger charge is -2.18. The number of aromatic nitrogens is 2. The molecule has 3 aromatic rings. The fraction of sp³-hybridized carbons (Fsp3) is 0.250. The van der Waals surface area contributed by atoms with Gasteiger partial charge in [-0.25, -0.2) is 18.6 Å². The molecular weight excluding hydrogens is 393 g/mol. The quantitative estimate of drug-likeness (QED) is 0.510. The molecule has 0 saturated heterocycles. The second-order valence-corrected chi connectivity index (χ2v) is 9.16. The number of hydrogen-bond acceptors (Lipinski definition) is 6. The van der Waals surface area contributed by atoms with Crippen molar-refractivity contribution in [2.24, 2.45) is 5.73 Å². The number of nitrogens with one attached hydrogen (secondary N) is 2. The molecule has 2 aromatic carbocycles. The van der Waals surface area contributed by atoms with Crippen LogP contribution in [0, 0.1) is 12.7 Å². The Bertz CT molecular complexity index is 1150. The molecule has 9 heteroatoms. The molecule has 0 spiro atoms. The van der Waals surface area contributed by atoms with E-state index >= 15 is 0 Å². The van der Waals surface area contributed by atoms with Crippen LogP contribution in [0.4, 0.5) is 21.6 Å². The zero-order valence-electron chi connectivity index (χ0n) is 16.5. The fourth-order valence-corrected chi connectivity index (χ4v) is 3.50. The van der Waals surface area contributed by atoms with Crippen LogP contribution in [0.15, 0.2) is 36.7 Å². The van der Waals surface area contributed by atoms with E-state index in [1.165, 1.54) is 24.7 Å². The first kappa shape index (κ1) is 20.8. The van der Waals surface area contributed by atoms with Crippen molar-refractivity contribution >= 4 is 43.7 Å². The van der Waals surface area contributed by atoms with Gasteiger partial charge in [0.2, 0.25) is 0 Å². The lowest BCUT2D eigenvalue weighted by Crippen LogP contribution is -2.23. The smallest absolute Gasteiger partial charge is 0.146 e. The van der Waals surface area contributed by atoms with Gasteiger partial charge in [-0.1, -0.05) is 0 Å². The molecule has 3 rings (SSSR count). The molecule has 0 fully saturated rings. The molecule has 154 valence electrons. The molecule has 0 saturated carbocycles. The number of anilines is 3. The Balaban J connectivity index is 2.03. The van der Waals surface area contributed by atoms with Crippen molar-refractivity contribution in [2.75, 3.05) is 22.8 Å². The van der Waals surface area contributed by atoms with Crippen LogP contribution in [-0.2, 0) is 9.71 Å². The topological polar surface area (TPSA) is 102 Å². The number of benzene rings is 2. The summed E-state index contributed by atoms with van der Waals surface area (Å²) in [4.78, 5) is 8.67. The zero-order chi connectivity index (χ0) is 21.2. The Morgan fingerprint density at radius 2 is 2.07 bits per heavy atom. The van der Waals surface area contributed by atoms with E-state index < -0.39 is 15.5 Å². The predicted molar refractivity (Wildman–Crippen MR) is 118 cm³/mol. The van der Waals surface area contributed by atoms with Crippen LogP contribution in [0.25, 0.3) is 10.9 Å². The number of nitrogens with zero attached hydrogens (tertiary/aromatic N) is 2. The lowest BCUT2D eigenvalue weighted by molar-refractivity contribution is 0.230. The predicted octanol–water partition coefficient (Wildman–Crippen LogP) is 3.22. The highest BCUT2D eigenvalue weighted by molar-refractivity contribution is 8.00. The molecular formula is C20H24FN5O2S. The number of aryl methyl sites for hydroxylation is 1. The minimum atomic E-state index is -2.42. The van der Waals surface area contributed by atoms with Crippen LogP contribution in [0.3, 0.4) is 0 Å². The average molecular weight is 418 g/mol. The summed E-state index contributed by atoms with van der Waals surface area (Å²) in [6, 6.07) is 7.86. The SMILES string of the molecule is C=S(C)(=O)Nc1cc(C)c2c(Nc3ccc(F)cc3O[C@@H](C)CN)ncnc2c1. The molecule has 2 atom stereocenters. The van der Waals surface area contributed by atoms with Gasteiger partial charge in [-0.2, -0.15) is 0 Å². The Kier molecular flexibility index (Phi) is 5.90. The first-order valence-electron chi connectivity index (χ1n) is 8.95. The summed E-state index contributed by atoms with van der Waals surface area (Å²) in [6.45, 7) is 4.01. The second kappa shape index (κ2) is 8.22. The van der Waals surface area contributed by atoms with Crippen LogP contribution in [0.5, 0.6) is 5.75 Å². The van der Waals surface area contributed by atoms with E-state index in [-0.39, 0.29) is 6.10 Å². The van der Waals surface area contributed by atoms with E-state index in [2.05, 4.69) is 25.9 Å². The third-order valence-electron chi connectivity index (χ3n) is 4.13. The van der Waals surface area contributed by atoms with Crippen molar-refractivity contribution in [3.63, 3.8) is 0 Å². The van der Waals surface area contributed by atoms with Crippen LogP contribution >= 0.6 is 0 Å². The van der Waals surface area contributed by atoms with Crippen LogP contribution in [0.1, 0.15) is 12.5 Å². The highest BCUT2D eigenvalue weighted by Gasteiger charge is 2.14. The summed E-state index contributed by atoms with van der Waals surface area (Å²) in [5, 5.41) is 3.99. The fourth-order valence-electron chi connectivity index (χ4n) is 2.88. The first-order chi connectivity index (χ1) is 13.7. The standard InChI is InChI=1S/C20H24FN5O2S/c1-12-7-15(26-29(3,4)27)9-17-19(12)20(24-11-23-17)25-16-6-5-14(21)8-18(16)28-13(2)10-22/h5-9,11,13H,3,10,22H2,1-2,4H3,(H,26,27)(H,23,24,25)/t13-,29?/m0/s1. The van der Waals surface area contributed by atoms with Gasteiger partial charge in [0, 0.05) is 39.6 Å². The van der Waals surface area contributed by atoms with Gasteiger partial charge in [0.1, 0.15) is 29.8 Å². The van der Waals surface area contributed by atoms with E-state index in [9.17, 15) is 8.60 Å². The Morgan fingerprint density at radius 1 is 1.31 bits per heavy atom. The number of hydrogen-bond donors (Lipinski definition) is 3. The molecule has 0 radical (unpaired) electrons. The molecule has 0 aliphatic rings. The normalized spacial score (nSPS) is 14.2. The van der Waals surface area contributed by atoms with Crippen molar-refractivity contribution < 1.29 is 13.3 Å². The molecule has 0 amide bonds. The summed E-state index contributed by atoms with van der Waals surface area (Å²) in [7, 11) is -2.42. The largest absolute Gasteiger partial charge is 0.487 e. The number of rotatable bonds is 7. The van der Waals surface area contributed by atoms with Crippen molar-refractivity contribution in [2.45, 2.75) is 20.0 Å². The summed E-state index contributed by atoms with van der Waals surface area (Å²) < 4.78 is 34.3. The summed E-state index contributed by atoms with van der Waals surface area (Å²) in [5.41, 5.74) is 8.37. The molecule has 1 unspecified atom stereocenters. The van der Waals surface area contributed by atoms with Gasteiger partial charge in [0.05, 0.1) is 11.2 Å². The Labute approximate surface area is 169 Å². The monoisotopic (exact) mass is 417 g/mol. The third-order valence-corrected chi connectivity index (χ3v) is 4.79. The van der Waals surface area contributed by atoms with Crippen molar-refractivity contribution in [1.29, 1.82) is 0 Å². The summed E-state index contributed by atoms with van der Waals surface area (Å²) in [6.07, 6.45) is 2.67. The van der Waals surface area contributed by atoms with Crippen molar-refractivity contribution in [1.82, 2.24) is 9.97 Å². The third kappa shape index (κ3) is 5.12. The maximum atomic E-state index is 13.7. The zero-order valence-corrected chi connectivity index (χ0v) is 17.3. The van der Waals surface area contributed by atoms with E-state index in [1.54, 1.807) is 12.1 Å². The number of nitrogens with two attached hydrogens (primary N) is 1. The van der Waals surface area contributed by atoms with Gasteiger partial charge in [0.15, 0.2) is 0 Å². The van der Waals surface area contributed by atoms with E-state index in [4.69, 9.17) is 10.5 Å². The second-order valence-electron chi connectivity index (χ2n) is 6.95. The van der Waals surface area contributed by atoms with Gasteiger partial charge in [0.25, 0.3) is 0 Å². The molecule has 7 nitrogen and oxygen atoms in total. The molecule has 4 N–H and O–H groups in total. The van der Waals surface area contributed by atoms with Gasteiger partial charge >= 0.3 is 0 Å². The Hall–Kier alpha value is -2.91. The molecule has 0 bridgehead atoms. The minimum absolute atomic E-state index is 0.276. The Morgan fingerprint density at radius 3 is 2.76 bits per heavy atom. The van der Waals surface area contributed by atoms with Gasteiger partial charge in [-0.3, -0.25) is 0 Å². The summed E-state index contributed by atoms with van der Waals surface area (Å²) in [5.74, 6) is 4.09. The number of ether oxygens (including phenoxy) is 1. The van der Waals surface area contributed by atoms with E-state index in [0.717, 1.165) is 10.9 Å². The average Bonchev–Trinajstić information content (AvgIpc) is 2.62. The van der Waals surface area contributed by atoms with Crippen LogP contribution in [0.2, 0.25) is 0 Å². The van der Waals surface area contributed by atoms with Crippen LogP contribution < -0.4 is 20.5 Å². The highest BCUT2D eigenvalue weighted by atomic mass is 32.2. The van der Waals surface area contributed by atoms with Crippen molar-refractivity contribution in [3.05, 3.63) is 48.0 Å². The van der Waals surface area contributed by atoms with Crippen molar-refractivity contribution in [3.8, 4) is 5.75 Å². The number of fused-ring (bicyclic) bond motifs is 1. The van der Waals surface area contributed by atoms with E-state index in [1.807, 2.05) is 19.9 Å². The molecule has 29 heavy (non-hydrogen) atoms. The van der Waals surface area contributed by atoms with Gasteiger partial charge in [-0.05, 0) is 49.5 Å². The maximum Gasteiger partial charge on any atom is 0.146 e. The van der Waals surface area contributed by atoms with Crippen LogP contribution in [-0.4, -0.2) is 39.0 Å². The molecule has 0 aliphatic carbocycles. The van der Waals surface area contributed by atoms with E-state index in [0.29, 0.717) is 35.0 Å². The highest BCUT2D eigenvalue weighted by Crippen LogP contribution is 2.33. The first-order valence-corrected chi connectivity index (χ1v) is 11.1. The van der Waals surface area contributed by atoms with Gasteiger partial charge in [-0.15, -0.1) is 0 Å². The van der Waals surface area contributed by atoms with Gasteiger partial charge < -0.3 is 20.5 Å². The molecule has 1 aromatic heterocycles. The number of halogens is 1. The lowest BCUT2D eigenvalue weighted by atomic mass is 10.1. The molecule has 1 heterocycles. The molecule has 0 aliphatic heterocycles. The summed E-state index contributed by atoms with van der Waals surface area (Å²) >= 11 is 0.